The predicted octanol–water partition coefficient (Wildman–Crippen LogP) is 3.96. The Labute approximate surface area is 210 Å². The molecule has 0 saturated heterocycles. The number of hydrogen-bond donors (Lipinski definition) is 2. The molecule has 8 heteroatoms. The molecule has 0 aromatic heterocycles. The lowest BCUT2D eigenvalue weighted by molar-refractivity contribution is -0.140. The fourth-order valence-electron chi connectivity index (χ4n) is 4.95. The van der Waals surface area contributed by atoms with E-state index in [2.05, 4.69) is 5.32 Å². The van der Waals surface area contributed by atoms with Gasteiger partial charge in [-0.2, -0.15) is 0 Å². The molecule has 0 radical (unpaired) electrons. The number of esters is 1. The molecule has 0 amide bonds. The maximum absolute atomic E-state index is 13.7. The number of ketones is 1. The molecule has 2 aromatic carbocycles. The Morgan fingerprint density at radius 3 is 2.33 bits per heavy atom. The van der Waals surface area contributed by atoms with Crippen LogP contribution in [0.2, 0.25) is 0 Å². The minimum absolute atomic E-state index is 0.0451. The Kier molecular flexibility index (Phi) is 7.64. The lowest BCUT2D eigenvalue weighted by Gasteiger charge is -2.36. The number of carbonyl (C=O) groups excluding carboxylic acids is 2. The predicted molar refractivity (Wildman–Crippen MR) is 133 cm³/mol. The standard InChI is InChI=1S/C28H31NO7/c1-16-25(28(32)36-12-11-33-2)26(17-5-8-20(30)9-6-17)27-21(29-16)13-19(14-22(27)31)18-7-10-23(34-3)24(15-18)35-4/h5-10,15,19,26,29-30H,11-14H2,1-4H3. The topological polar surface area (TPSA) is 103 Å². The molecule has 0 fully saturated rings. The fourth-order valence-corrected chi connectivity index (χ4v) is 4.95. The molecule has 2 aromatic rings. The third-order valence-electron chi connectivity index (χ3n) is 6.67. The maximum atomic E-state index is 13.7. The second kappa shape index (κ2) is 10.9. The van der Waals surface area contributed by atoms with Crippen molar-refractivity contribution in [2.45, 2.75) is 31.6 Å². The van der Waals surface area contributed by atoms with Gasteiger partial charge in [-0.3, -0.25) is 4.79 Å². The van der Waals surface area contributed by atoms with Gasteiger partial charge in [-0.1, -0.05) is 18.2 Å². The van der Waals surface area contributed by atoms with Crippen LogP contribution >= 0.6 is 0 Å². The first-order valence-corrected chi connectivity index (χ1v) is 11.8. The summed E-state index contributed by atoms with van der Waals surface area (Å²) in [5.74, 6) is 0.130. The number of nitrogens with one attached hydrogen (secondary N) is 1. The van der Waals surface area contributed by atoms with Crippen molar-refractivity contribution in [3.8, 4) is 17.2 Å². The molecule has 2 N–H and O–H groups in total. The minimum atomic E-state index is -0.601. The fraction of sp³-hybridized carbons (Fsp3) is 0.357. The molecule has 36 heavy (non-hydrogen) atoms. The number of benzene rings is 2. The Morgan fingerprint density at radius 1 is 0.972 bits per heavy atom. The average Bonchev–Trinajstić information content (AvgIpc) is 2.87. The van der Waals surface area contributed by atoms with Gasteiger partial charge in [0.1, 0.15) is 12.4 Å². The van der Waals surface area contributed by atoms with Crippen LogP contribution in [-0.4, -0.2) is 51.4 Å². The van der Waals surface area contributed by atoms with E-state index in [9.17, 15) is 14.7 Å². The van der Waals surface area contributed by atoms with Crippen LogP contribution in [0.5, 0.6) is 17.2 Å². The van der Waals surface area contributed by atoms with Crippen LogP contribution in [0.1, 0.15) is 42.7 Å². The number of phenols is 1. The molecule has 0 saturated carbocycles. The summed E-state index contributed by atoms with van der Waals surface area (Å²) < 4.78 is 21.3. The largest absolute Gasteiger partial charge is 0.508 e. The zero-order valence-electron chi connectivity index (χ0n) is 20.9. The molecule has 0 bridgehead atoms. The second-order valence-corrected chi connectivity index (χ2v) is 8.85. The molecule has 2 atom stereocenters. The Balaban J connectivity index is 1.73. The molecule has 1 heterocycles. The summed E-state index contributed by atoms with van der Waals surface area (Å²) in [6.45, 7) is 2.19. The van der Waals surface area contributed by atoms with Gasteiger partial charge < -0.3 is 29.4 Å². The van der Waals surface area contributed by atoms with Crippen LogP contribution < -0.4 is 14.8 Å². The number of allylic oxidation sites excluding steroid dienone is 3. The van der Waals surface area contributed by atoms with Crippen LogP contribution in [0, 0.1) is 0 Å². The number of aromatic hydroxyl groups is 1. The SMILES string of the molecule is COCCOC(=O)C1=C(C)NC2=C(C(=O)CC(c3ccc(OC)c(OC)c3)C2)C1c1ccc(O)cc1. The summed E-state index contributed by atoms with van der Waals surface area (Å²) in [6, 6.07) is 12.3. The van der Waals surface area contributed by atoms with Crippen LogP contribution in [0.3, 0.4) is 0 Å². The summed E-state index contributed by atoms with van der Waals surface area (Å²) >= 11 is 0. The monoisotopic (exact) mass is 493 g/mol. The quantitative estimate of drug-likeness (QED) is 0.421. The molecular weight excluding hydrogens is 462 g/mol. The molecular formula is C28H31NO7. The van der Waals surface area contributed by atoms with E-state index in [1.165, 1.54) is 7.11 Å². The number of Topliss-reactive ketones (excluding diaryl/α,β-unsaturated/α-hetero) is 1. The van der Waals surface area contributed by atoms with E-state index >= 15 is 0 Å². The number of carbonyl (C=O) groups is 2. The minimum Gasteiger partial charge on any atom is -0.508 e. The van der Waals surface area contributed by atoms with Gasteiger partial charge in [-0.15, -0.1) is 0 Å². The first-order chi connectivity index (χ1) is 17.4. The Hall–Kier alpha value is -3.78. The third-order valence-corrected chi connectivity index (χ3v) is 6.67. The van der Waals surface area contributed by atoms with Gasteiger partial charge in [-0.05, 0) is 54.7 Å². The van der Waals surface area contributed by atoms with Gasteiger partial charge in [0.05, 0.1) is 26.4 Å². The van der Waals surface area contributed by atoms with Crippen LogP contribution in [0.4, 0.5) is 0 Å². The van der Waals surface area contributed by atoms with E-state index in [0.29, 0.717) is 34.8 Å². The summed E-state index contributed by atoms with van der Waals surface area (Å²) in [7, 11) is 4.70. The smallest absolute Gasteiger partial charge is 0.336 e. The van der Waals surface area contributed by atoms with Crippen molar-refractivity contribution in [2.75, 3.05) is 34.5 Å². The van der Waals surface area contributed by atoms with Crippen molar-refractivity contribution in [1.82, 2.24) is 5.32 Å². The van der Waals surface area contributed by atoms with E-state index in [0.717, 1.165) is 16.8 Å². The lowest BCUT2D eigenvalue weighted by Crippen LogP contribution is -2.36. The van der Waals surface area contributed by atoms with Gasteiger partial charge >= 0.3 is 5.97 Å². The van der Waals surface area contributed by atoms with Gasteiger partial charge in [0.25, 0.3) is 0 Å². The van der Waals surface area contributed by atoms with Crippen LogP contribution in [0.25, 0.3) is 0 Å². The van der Waals surface area contributed by atoms with Crippen molar-refractivity contribution in [1.29, 1.82) is 0 Å². The van der Waals surface area contributed by atoms with Crippen LogP contribution in [0.15, 0.2) is 65.0 Å². The van der Waals surface area contributed by atoms with Gasteiger partial charge in [0.2, 0.25) is 0 Å². The number of phenolic OH excluding ortho intramolecular Hbond substituents is 1. The molecule has 1 aliphatic heterocycles. The molecule has 2 aliphatic rings. The number of ether oxygens (including phenoxy) is 4. The number of hydrogen-bond acceptors (Lipinski definition) is 8. The highest BCUT2D eigenvalue weighted by molar-refractivity contribution is 6.04. The molecule has 2 unspecified atom stereocenters. The van der Waals surface area contributed by atoms with Crippen molar-refractivity contribution in [3.63, 3.8) is 0 Å². The van der Waals surface area contributed by atoms with Crippen LogP contribution in [-0.2, 0) is 19.1 Å². The van der Waals surface area contributed by atoms with E-state index in [4.69, 9.17) is 18.9 Å². The first-order valence-electron chi connectivity index (χ1n) is 11.8. The highest BCUT2D eigenvalue weighted by Gasteiger charge is 2.41. The molecule has 4 rings (SSSR count). The summed E-state index contributed by atoms with van der Waals surface area (Å²) in [4.78, 5) is 26.8. The maximum Gasteiger partial charge on any atom is 0.336 e. The van der Waals surface area contributed by atoms with Gasteiger partial charge in [-0.25, -0.2) is 4.79 Å². The molecule has 0 spiro atoms. The van der Waals surface area contributed by atoms with E-state index < -0.39 is 11.9 Å². The zero-order chi connectivity index (χ0) is 25.8. The summed E-state index contributed by atoms with van der Waals surface area (Å²) in [6.07, 6.45) is 0.879. The number of dihydropyridines is 1. The van der Waals surface area contributed by atoms with Gasteiger partial charge in [0, 0.05) is 36.4 Å². The zero-order valence-corrected chi connectivity index (χ0v) is 20.9. The summed E-state index contributed by atoms with van der Waals surface area (Å²) in [5, 5.41) is 13.2. The highest BCUT2D eigenvalue weighted by Crippen LogP contribution is 2.46. The van der Waals surface area contributed by atoms with Gasteiger partial charge in [0.15, 0.2) is 17.3 Å². The first kappa shape index (κ1) is 25.3. The highest BCUT2D eigenvalue weighted by atomic mass is 16.6. The van der Waals surface area contributed by atoms with E-state index in [-0.39, 0.29) is 37.1 Å². The van der Waals surface area contributed by atoms with Crippen molar-refractivity contribution in [2.24, 2.45) is 0 Å². The lowest BCUT2D eigenvalue weighted by atomic mass is 9.71. The number of rotatable bonds is 8. The van der Waals surface area contributed by atoms with Crippen molar-refractivity contribution >= 4 is 11.8 Å². The van der Waals surface area contributed by atoms with E-state index in [1.807, 2.05) is 25.1 Å². The third kappa shape index (κ3) is 4.95. The second-order valence-electron chi connectivity index (χ2n) is 8.85. The summed E-state index contributed by atoms with van der Waals surface area (Å²) in [5.41, 5.74) is 4.07. The molecule has 190 valence electrons. The molecule has 8 nitrogen and oxygen atoms in total. The Bertz CT molecular complexity index is 1210. The molecule has 1 aliphatic carbocycles. The van der Waals surface area contributed by atoms with E-state index in [1.54, 1.807) is 38.5 Å². The average molecular weight is 494 g/mol. The van der Waals surface area contributed by atoms with Crippen molar-refractivity contribution in [3.05, 3.63) is 76.1 Å². The number of methoxy groups -OCH3 is 3. The van der Waals surface area contributed by atoms with Crippen molar-refractivity contribution < 1.29 is 33.6 Å². The Morgan fingerprint density at radius 2 is 1.67 bits per heavy atom. The normalized spacial score (nSPS) is 19.5.